The fourth-order valence-electron chi connectivity index (χ4n) is 4.04. The molecule has 152 valence electrons. The summed E-state index contributed by atoms with van der Waals surface area (Å²) in [7, 11) is 0. The number of nitrogens with one attached hydrogen (secondary N) is 2. The Balaban J connectivity index is 1.25. The second-order valence-electron chi connectivity index (χ2n) is 8.18. The van der Waals surface area contributed by atoms with Gasteiger partial charge in [0.15, 0.2) is 0 Å². The van der Waals surface area contributed by atoms with E-state index in [1.54, 1.807) is 0 Å². The Bertz CT molecular complexity index is 872. The van der Waals surface area contributed by atoms with Crippen LogP contribution in [0.25, 0.3) is 0 Å². The average molecular weight is 392 g/mol. The number of hydrogen-bond acceptors (Lipinski definition) is 3. The Labute approximate surface area is 172 Å². The maximum atomic E-state index is 12.5. The molecule has 2 N–H and O–H groups in total. The van der Waals surface area contributed by atoms with Gasteiger partial charge in [-0.2, -0.15) is 0 Å². The van der Waals surface area contributed by atoms with Gasteiger partial charge in [-0.3, -0.25) is 9.59 Å². The van der Waals surface area contributed by atoms with Gasteiger partial charge in [-0.1, -0.05) is 24.3 Å². The van der Waals surface area contributed by atoms with E-state index in [-0.39, 0.29) is 23.7 Å². The SMILES string of the molecule is Cc1ccccc1CNC(=O)C1CC1C(=O)Nc1ccc(N2CCCCC2)cc1. The van der Waals surface area contributed by atoms with Crippen LogP contribution in [-0.2, 0) is 16.1 Å². The van der Waals surface area contributed by atoms with Crippen molar-refractivity contribution in [2.24, 2.45) is 11.8 Å². The maximum absolute atomic E-state index is 12.5. The fraction of sp³-hybridized carbons (Fsp3) is 0.417. The Hall–Kier alpha value is -2.82. The van der Waals surface area contributed by atoms with Gasteiger partial charge in [0, 0.05) is 31.0 Å². The first-order valence-electron chi connectivity index (χ1n) is 10.6. The Morgan fingerprint density at radius 3 is 2.34 bits per heavy atom. The highest BCUT2D eigenvalue weighted by Gasteiger charge is 2.47. The van der Waals surface area contributed by atoms with E-state index < -0.39 is 0 Å². The van der Waals surface area contributed by atoms with Gasteiger partial charge in [0.05, 0.1) is 11.8 Å². The van der Waals surface area contributed by atoms with Crippen molar-refractivity contribution in [3.63, 3.8) is 0 Å². The highest BCUT2D eigenvalue weighted by molar-refractivity contribution is 5.99. The lowest BCUT2D eigenvalue weighted by atomic mass is 10.1. The second-order valence-corrected chi connectivity index (χ2v) is 8.18. The molecule has 5 nitrogen and oxygen atoms in total. The zero-order valence-corrected chi connectivity index (χ0v) is 17.0. The lowest BCUT2D eigenvalue weighted by Gasteiger charge is -2.28. The van der Waals surface area contributed by atoms with Gasteiger partial charge in [0.2, 0.25) is 11.8 Å². The Morgan fingerprint density at radius 2 is 1.62 bits per heavy atom. The molecular weight excluding hydrogens is 362 g/mol. The molecule has 2 aromatic carbocycles. The van der Waals surface area contributed by atoms with Gasteiger partial charge in [0.25, 0.3) is 0 Å². The van der Waals surface area contributed by atoms with Gasteiger partial charge in [-0.05, 0) is 68.0 Å². The molecule has 1 aliphatic heterocycles. The number of aryl methyl sites for hydroxylation is 1. The summed E-state index contributed by atoms with van der Waals surface area (Å²) in [6.07, 6.45) is 4.42. The third-order valence-corrected chi connectivity index (χ3v) is 6.03. The first-order valence-corrected chi connectivity index (χ1v) is 10.6. The van der Waals surface area contributed by atoms with Crippen LogP contribution < -0.4 is 15.5 Å². The Morgan fingerprint density at radius 1 is 0.931 bits per heavy atom. The van der Waals surface area contributed by atoms with E-state index in [4.69, 9.17) is 0 Å². The first-order chi connectivity index (χ1) is 14.1. The van der Waals surface area contributed by atoms with Crippen LogP contribution in [0.4, 0.5) is 11.4 Å². The molecule has 29 heavy (non-hydrogen) atoms. The monoisotopic (exact) mass is 391 g/mol. The van der Waals surface area contributed by atoms with Crippen molar-refractivity contribution in [3.05, 3.63) is 59.7 Å². The molecule has 1 aliphatic carbocycles. The van der Waals surface area contributed by atoms with Crippen molar-refractivity contribution in [1.82, 2.24) is 5.32 Å². The average Bonchev–Trinajstić information content (AvgIpc) is 3.55. The van der Waals surface area contributed by atoms with E-state index in [2.05, 4.69) is 27.7 Å². The molecule has 0 spiro atoms. The maximum Gasteiger partial charge on any atom is 0.228 e. The van der Waals surface area contributed by atoms with Crippen LogP contribution in [-0.4, -0.2) is 24.9 Å². The number of carbonyl (C=O) groups is 2. The number of hydrogen-bond donors (Lipinski definition) is 2. The standard InChI is InChI=1S/C24H29N3O2/c1-17-7-3-4-8-18(17)16-25-23(28)21-15-22(21)24(29)26-19-9-11-20(12-10-19)27-13-5-2-6-14-27/h3-4,7-12,21-22H,2,5-6,13-16H2,1H3,(H,25,28)(H,26,29). The third-order valence-electron chi connectivity index (χ3n) is 6.03. The number of rotatable bonds is 6. The molecule has 4 rings (SSSR count). The van der Waals surface area contributed by atoms with Crippen molar-refractivity contribution in [1.29, 1.82) is 0 Å². The normalized spacial score (nSPS) is 20.8. The molecule has 2 aromatic rings. The van der Waals surface area contributed by atoms with Gasteiger partial charge >= 0.3 is 0 Å². The predicted octanol–water partition coefficient (Wildman–Crippen LogP) is 3.88. The Kier molecular flexibility index (Phi) is 5.84. The van der Waals surface area contributed by atoms with Crippen molar-refractivity contribution >= 4 is 23.2 Å². The summed E-state index contributed by atoms with van der Waals surface area (Å²) < 4.78 is 0. The number of nitrogens with zero attached hydrogens (tertiary/aromatic N) is 1. The minimum atomic E-state index is -0.228. The van der Waals surface area contributed by atoms with Crippen LogP contribution in [0.2, 0.25) is 0 Å². The van der Waals surface area contributed by atoms with Gasteiger partial charge in [-0.15, -0.1) is 0 Å². The number of piperidine rings is 1. The quantitative estimate of drug-likeness (QED) is 0.786. The largest absolute Gasteiger partial charge is 0.372 e. The molecule has 1 saturated carbocycles. The molecule has 2 aliphatic rings. The van der Waals surface area contributed by atoms with Crippen LogP contribution >= 0.6 is 0 Å². The van der Waals surface area contributed by atoms with Crippen molar-refractivity contribution in [2.45, 2.75) is 39.2 Å². The second kappa shape index (κ2) is 8.68. The summed E-state index contributed by atoms with van der Waals surface area (Å²) >= 11 is 0. The molecular formula is C24H29N3O2. The zero-order valence-electron chi connectivity index (χ0n) is 17.0. The minimum Gasteiger partial charge on any atom is -0.372 e. The smallest absolute Gasteiger partial charge is 0.228 e. The lowest BCUT2D eigenvalue weighted by Crippen LogP contribution is -2.29. The van der Waals surface area contributed by atoms with Crippen molar-refractivity contribution in [3.8, 4) is 0 Å². The molecule has 0 aromatic heterocycles. The number of anilines is 2. The van der Waals surface area contributed by atoms with E-state index >= 15 is 0 Å². The summed E-state index contributed by atoms with van der Waals surface area (Å²) in [6, 6.07) is 16.1. The van der Waals surface area contributed by atoms with Gasteiger partial charge in [-0.25, -0.2) is 0 Å². The number of benzene rings is 2. The van der Waals surface area contributed by atoms with Crippen LogP contribution in [0.5, 0.6) is 0 Å². The molecule has 5 heteroatoms. The van der Waals surface area contributed by atoms with Gasteiger partial charge < -0.3 is 15.5 Å². The van der Waals surface area contributed by atoms with E-state index in [9.17, 15) is 9.59 Å². The molecule has 0 bridgehead atoms. The van der Waals surface area contributed by atoms with E-state index in [0.717, 1.165) is 29.9 Å². The molecule has 0 radical (unpaired) electrons. The highest BCUT2D eigenvalue weighted by atomic mass is 16.2. The van der Waals surface area contributed by atoms with E-state index in [1.165, 1.54) is 24.9 Å². The number of amides is 2. The molecule has 2 unspecified atom stereocenters. The summed E-state index contributed by atoms with van der Waals surface area (Å²) in [5, 5.41) is 5.93. The molecule has 1 heterocycles. The van der Waals surface area contributed by atoms with Crippen LogP contribution in [0.15, 0.2) is 48.5 Å². The molecule has 1 saturated heterocycles. The topological polar surface area (TPSA) is 61.4 Å². The van der Waals surface area contributed by atoms with Crippen molar-refractivity contribution in [2.75, 3.05) is 23.3 Å². The van der Waals surface area contributed by atoms with Crippen molar-refractivity contribution < 1.29 is 9.59 Å². The van der Waals surface area contributed by atoms with E-state index in [0.29, 0.717) is 13.0 Å². The fourth-order valence-corrected chi connectivity index (χ4v) is 4.04. The van der Waals surface area contributed by atoms with Crippen LogP contribution in [0, 0.1) is 18.8 Å². The summed E-state index contributed by atoms with van der Waals surface area (Å²) in [5.41, 5.74) is 4.27. The first kappa shape index (κ1) is 19.5. The van der Waals surface area contributed by atoms with Gasteiger partial charge in [0.1, 0.15) is 0 Å². The van der Waals surface area contributed by atoms with E-state index in [1.807, 2.05) is 43.3 Å². The molecule has 2 atom stereocenters. The van der Waals surface area contributed by atoms with Crippen LogP contribution in [0.1, 0.15) is 36.8 Å². The highest BCUT2D eigenvalue weighted by Crippen LogP contribution is 2.39. The minimum absolute atomic E-state index is 0.0335. The molecule has 2 amide bonds. The lowest BCUT2D eigenvalue weighted by molar-refractivity contribution is -0.125. The third kappa shape index (κ3) is 4.78. The number of carbonyl (C=O) groups excluding carboxylic acids is 2. The summed E-state index contributed by atoms with van der Waals surface area (Å²) in [4.78, 5) is 27.3. The summed E-state index contributed by atoms with van der Waals surface area (Å²) in [5.74, 6) is -0.541. The predicted molar refractivity (Wildman–Crippen MR) is 116 cm³/mol. The zero-order chi connectivity index (χ0) is 20.2. The summed E-state index contributed by atoms with van der Waals surface area (Å²) in [6.45, 7) is 4.75. The molecule has 2 fully saturated rings. The van der Waals surface area contributed by atoms with Crippen LogP contribution in [0.3, 0.4) is 0 Å².